The van der Waals surface area contributed by atoms with Crippen LogP contribution in [-0.2, 0) is 0 Å². The highest BCUT2D eigenvalue weighted by Crippen LogP contribution is 2.47. The fraction of sp³-hybridized carbons (Fsp3) is 0.263. The molecule has 1 aliphatic heterocycles. The molecule has 0 unspecified atom stereocenters. The molecule has 0 radical (unpaired) electrons. The number of hydrogen-bond donors (Lipinski definition) is 0. The second kappa shape index (κ2) is 5.34. The molecule has 114 valence electrons. The number of rotatable bonds is 1. The summed E-state index contributed by atoms with van der Waals surface area (Å²) in [6.45, 7) is 13.6. The van der Waals surface area contributed by atoms with Crippen LogP contribution in [0.5, 0.6) is 0 Å². The van der Waals surface area contributed by atoms with Crippen molar-refractivity contribution in [2.75, 3.05) is 16.8 Å². The predicted octanol–water partition coefficient (Wildman–Crippen LogP) is 4.66. The number of anilines is 3. The van der Waals surface area contributed by atoms with E-state index in [9.17, 15) is 5.26 Å². The summed E-state index contributed by atoms with van der Waals surface area (Å²) in [4.78, 5) is 7.84. The zero-order chi connectivity index (χ0) is 16.7. The van der Waals surface area contributed by atoms with Gasteiger partial charge in [-0.1, -0.05) is 12.1 Å². The van der Waals surface area contributed by atoms with E-state index in [0.29, 0.717) is 11.3 Å². The molecule has 0 N–H and O–H groups in total. The van der Waals surface area contributed by atoms with Gasteiger partial charge in [0.2, 0.25) is 0 Å². The Labute approximate surface area is 137 Å². The van der Waals surface area contributed by atoms with Crippen LogP contribution in [0.4, 0.5) is 22.7 Å². The average molecular weight is 302 g/mol. The molecule has 4 heteroatoms. The fourth-order valence-corrected chi connectivity index (χ4v) is 3.18. The smallest absolute Gasteiger partial charge is 0.190 e. The molecule has 1 atom stereocenters. The fourth-order valence-electron chi connectivity index (χ4n) is 3.18. The number of nitrogens with zero attached hydrogens (tertiary/aromatic N) is 4. The molecule has 1 heterocycles. The van der Waals surface area contributed by atoms with Crippen molar-refractivity contribution in [3.63, 3.8) is 0 Å². The first-order valence-electron chi connectivity index (χ1n) is 7.53. The van der Waals surface area contributed by atoms with Crippen molar-refractivity contribution in [2.45, 2.75) is 26.9 Å². The Morgan fingerprint density at radius 1 is 1.17 bits per heavy atom. The maximum atomic E-state index is 9.48. The summed E-state index contributed by atoms with van der Waals surface area (Å²) < 4.78 is 0. The van der Waals surface area contributed by atoms with Crippen LogP contribution in [0, 0.1) is 31.8 Å². The predicted molar refractivity (Wildman–Crippen MR) is 93.3 cm³/mol. The third kappa shape index (κ3) is 2.20. The molecule has 0 spiro atoms. The zero-order valence-electron chi connectivity index (χ0n) is 13.8. The van der Waals surface area contributed by atoms with Crippen LogP contribution in [0.25, 0.3) is 4.85 Å². The van der Waals surface area contributed by atoms with Gasteiger partial charge in [0.1, 0.15) is 12.2 Å². The van der Waals surface area contributed by atoms with Crippen LogP contribution in [0.2, 0.25) is 0 Å². The van der Waals surface area contributed by atoms with Gasteiger partial charge < -0.3 is 9.80 Å². The Morgan fingerprint density at radius 3 is 2.57 bits per heavy atom. The minimum Gasteiger partial charge on any atom is -0.352 e. The van der Waals surface area contributed by atoms with Crippen molar-refractivity contribution in [3.8, 4) is 6.07 Å². The van der Waals surface area contributed by atoms with Crippen LogP contribution in [0.15, 0.2) is 30.3 Å². The third-order valence-electron chi connectivity index (χ3n) is 4.49. The largest absolute Gasteiger partial charge is 0.352 e. The van der Waals surface area contributed by atoms with Gasteiger partial charge in [0.25, 0.3) is 0 Å². The maximum absolute atomic E-state index is 9.48. The summed E-state index contributed by atoms with van der Waals surface area (Å²) in [5, 5.41) is 9.48. The molecule has 0 bridgehead atoms. The van der Waals surface area contributed by atoms with E-state index in [2.05, 4.69) is 59.7 Å². The second-order valence-corrected chi connectivity index (χ2v) is 5.99. The Hall–Kier alpha value is -2.98. The van der Waals surface area contributed by atoms with Gasteiger partial charge in [-0.3, -0.25) is 0 Å². The molecular weight excluding hydrogens is 284 g/mol. The van der Waals surface area contributed by atoms with Gasteiger partial charge in [0, 0.05) is 12.7 Å². The molecule has 0 saturated heterocycles. The van der Waals surface area contributed by atoms with E-state index in [4.69, 9.17) is 6.57 Å². The summed E-state index contributed by atoms with van der Waals surface area (Å²) in [7, 11) is 1.99. The molecule has 2 aromatic rings. The standard InChI is InChI=1S/C19H18N4/c1-12-6-7-13(2)17(8-12)23-14(3)22(5)19-15(11-20)9-16(21-4)10-18(19)23/h6-10,14H,1-3,5H3/t14-/m0/s1. The first-order valence-corrected chi connectivity index (χ1v) is 7.53. The van der Waals surface area contributed by atoms with E-state index in [-0.39, 0.29) is 6.17 Å². The molecule has 3 rings (SSSR count). The lowest BCUT2D eigenvalue weighted by Crippen LogP contribution is -2.36. The third-order valence-corrected chi connectivity index (χ3v) is 4.49. The molecule has 4 nitrogen and oxygen atoms in total. The SMILES string of the molecule is [C-]#[N+]c1cc(C#N)c2c(c1)N(c1cc(C)ccc1C)[C@@H](C)N2C. The number of benzene rings is 2. The van der Waals surface area contributed by atoms with Crippen LogP contribution < -0.4 is 9.80 Å². The van der Waals surface area contributed by atoms with Crippen LogP contribution in [0.1, 0.15) is 23.6 Å². The normalized spacial score (nSPS) is 16.0. The van der Waals surface area contributed by atoms with Gasteiger partial charge in [-0.2, -0.15) is 5.26 Å². The van der Waals surface area contributed by atoms with E-state index in [1.165, 1.54) is 11.1 Å². The topological polar surface area (TPSA) is 34.6 Å². The van der Waals surface area contributed by atoms with Crippen molar-refractivity contribution < 1.29 is 0 Å². The Kier molecular flexibility index (Phi) is 3.47. The molecule has 0 aromatic heterocycles. The summed E-state index contributed by atoms with van der Waals surface area (Å²) in [6.07, 6.45) is 0.0820. The first kappa shape index (κ1) is 14.9. The highest BCUT2D eigenvalue weighted by molar-refractivity contribution is 5.90. The molecule has 23 heavy (non-hydrogen) atoms. The molecule has 2 aromatic carbocycles. The molecule has 1 aliphatic rings. The Bertz CT molecular complexity index is 870. The van der Waals surface area contributed by atoms with Crippen LogP contribution in [-0.4, -0.2) is 13.2 Å². The minimum absolute atomic E-state index is 0.0820. The number of aryl methyl sites for hydroxylation is 2. The monoisotopic (exact) mass is 302 g/mol. The summed E-state index contributed by atoms with van der Waals surface area (Å²) in [6, 6.07) is 12.2. The lowest BCUT2D eigenvalue weighted by molar-refractivity contribution is 0.732. The van der Waals surface area contributed by atoms with Crippen molar-refractivity contribution in [3.05, 3.63) is 58.4 Å². The Balaban J connectivity index is 2.29. The van der Waals surface area contributed by atoms with Gasteiger partial charge in [0.15, 0.2) is 5.69 Å². The first-order chi connectivity index (χ1) is 11.0. The van der Waals surface area contributed by atoms with E-state index < -0.39 is 0 Å². The highest BCUT2D eigenvalue weighted by Gasteiger charge is 2.34. The second-order valence-electron chi connectivity index (χ2n) is 5.99. The van der Waals surface area contributed by atoms with E-state index >= 15 is 0 Å². The lowest BCUT2D eigenvalue weighted by Gasteiger charge is -2.29. The quantitative estimate of drug-likeness (QED) is 0.719. The van der Waals surface area contributed by atoms with E-state index in [1.54, 1.807) is 6.07 Å². The van der Waals surface area contributed by atoms with E-state index in [0.717, 1.165) is 17.1 Å². The van der Waals surface area contributed by atoms with Crippen LogP contribution >= 0.6 is 0 Å². The number of fused-ring (bicyclic) bond motifs is 1. The van der Waals surface area contributed by atoms with Crippen molar-refractivity contribution in [1.82, 2.24) is 0 Å². The minimum atomic E-state index is 0.0820. The summed E-state index contributed by atoms with van der Waals surface area (Å²) in [5.74, 6) is 0. The number of hydrogen-bond acceptors (Lipinski definition) is 3. The van der Waals surface area contributed by atoms with Gasteiger partial charge >= 0.3 is 0 Å². The molecule has 0 fully saturated rings. The highest BCUT2D eigenvalue weighted by atomic mass is 15.4. The average Bonchev–Trinajstić information content (AvgIpc) is 2.80. The van der Waals surface area contributed by atoms with Gasteiger partial charge in [-0.25, -0.2) is 4.85 Å². The molecule has 0 aliphatic carbocycles. The van der Waals surface area contributed by atoms with Gasteiger partial charge in [0.05, 0.1) is 23.5 Å². The van der Waals surface area contributed by atoms with Crippen molar-refractivity contribution in [2.24, 2.45) is 0 Å². The molecular formula is C19H18N4. The summed E-state index contributed by atoms with van der Waals surface area (Å²) >= 11 is 0. The molecule has 0 amide bonds. The van der Waals surface area contributed by atoms with Gasteiger partial charge in [-0.15, -0.1) is 0 Å². The number of nitriles is 1. The van der Waals surface area contributed by atoms with Crippen LogP contribution in [0.3, 0.4) is 0 Å². The lowest BCUT2D eigenvalue weighted by atomic mass is 10.1. The van der Waals surface area contributed by atoms with Gasteiger partial charge in [-0.05, 0) is 50.1 Å². The summed E-state index contributed by atoms with van der Waals surface area (Å²) in [5.41, 5.74) is 6.36. The van der Waals surface area contributed by atoms with Crippen molar-refractivity contribution >= 4 is 22.7 Å². The van der Waals surface area contributed by atoms with Crippen molar-refractivity contribution in [1.29, 1.82) is 5.26 Å². The maximum Gasteiger partial charge on any atom is 0.190 e. The zero-order valence-corrected chi connectivity index (χ0v) is 13.8. The Morgan fingerprint density at radius 2 is 1.91 bits per heavy atom. The van der Waals surface area contributed by atoms with E-state index in [1.807, 2.05) is 13.1 Å². The molecule has 0 saturated carbocycles.